The first-order valence-electron chi connectivity index (χ1n) is 7.31. The van der Waals surface area contributed by atoms with Gasteiger partial charge in [-0.05, 0) is 51.1 Å². The summed E-state index contributed by atoms with van der Waals surface area (Å²) in [7, 11) is 1.84. The van der Waals surface area contributed by atoms with Crippen LogP contribution in [0.5, 0.6) is 0 Å². The molecule has 17 heavy (non-hydrogen) atoms. The predicted molar refractivity (Wildman–Crippen MR) is 71.3 cm³/mol. The Morgan fingerprint density at radius 2 is 2.18 bits per heavy atom. The van der Waals surface area contributed by atoms with Crippen molar-refractivity contribution in [1.82, 2.24) is 10.2 Å². The van der Waals surface area contributed by atoms with Gasteiger partial charge in [-0.1, -0.05) is 6.92 Å². The maximum atomic E-state index is 5.43. The highest BCUT2D eigenvalue weighted by Crippen LogP contribution is 2.35. The maximum Gasteiger partial charge on any atom is 0.0620 e. The predicted octanol–water partition coefficient (Wildman–Crippen LogP) is 1.88. The van der Waals surface area contributed by atoms with Crippen LogP contribution in [-0.4, -0.2) is 50.3 Å². The van der Waals surface area contributed by atoms with E-state index in [1.165, 1.54) is 51.7 Å². The van der Waals surface area contributed by atoms with E-state index in [2.05, 4.69) is 17.1 Å². The van der Waals surface area contributed by atoms with Crippen molar-refractivity contribution in [2.45, 2.75) is 51.1 Å². The fourth-order valence-electron chi connectivity index (χ4n) is 3.07. The lowest BCUT2D eigenvalue weighted by atomic mass is 10.1. The van der Waals surface area contributed by atoms with Crippen LogP contribution in [0.15, 0.2) is 0 Å². The van der Waals surface area contributed by atoms with Gasteiger partial charge in [0, 0.05) is 25.7 Å². The van der Waals surface area contributed by atoms with Crippen molar-refractivity contribution in [3.05, 3.63) is 0 Å². The maximum absolute atomic E-state index is 5.43. The van der Waals surface area contributed by atoms with Crippen LogP contribution < -0.4 is 5.32 Å². The molecule has 2 atom stereocenters. The van der Waals surface area contributed by atoms with E-state index in [0.29, 0.717) is 6.04 Å². The molecule has 0 spiro atoms. The van der Waals surface area contributed by atoms with Crippen molar-refractivity contribution in [3.63, 3.8) is 0 Å². The molecule has 0 aromatic carbocycles. The average molecular weight is 240 g/mol. The number of nitrogens with one attached hydrogen (secondary N) is 1. The van der Waals surface area contributed by atoms with Gasteiger partial charge in [0.25, 0.3) is 0 Å². The Bertz CT molecular complexity index is 212. The summed E-state index contributed by atoms with van der Waals surface area (Å²) in [5.74, 6) is 0.905. The molecule has 0 bridgehead atoms. The topological polar surface area (TPSA) is 24.5 Å². The first-order valence-corrected chi connectivity index (χ1v) is 7.31. The minimum Gasteiger partial charge on any atom is -0.383 e. The van der Waals surface area contributed by atoms with Crippen LogP contribution in [0.25, 0.3) is 0 Å². The highest BCUT2D eigenvalue weighted by Gasteiger charge is 2.35. The zero-order valence-electron chi connectivity index (χ0n) is 11.5. The Morgan fingerprint density at radius 1 is 1.35 bits per heavy atom. The summed E-state index contributed by atoms with van der Waals surface area (Å²) in [4.78, 5) is 2.68. The lowest BCUT2D eigenvalue weighted by Gasteiger charge is -2.33. The summed E-state index contributed by atoms with van der Waals surface area (Å²) in [5, 5.41) is 3.62. The second-order valence-electron chi connectivity index (χ2n) is 5.65. The van der Waals surface area contributed by atoms with Crippen molar-refractivity contribution in [2.24, 2.45) is 5.92 Å². The summed E-state index contributed by atoms with van der Waals surface area (Å²) in [6.45, 7) is 6.85. The molecule has 0 radical (unpaired) electrons. The lowest BCUT2D eigenvalue weighted by molar-refractivity contribution is 0.0720. The van der Waals surface area contributed by atoms with Crippen LogP contribution in [-0.2, 0) is 4.74 Å². The molecule has 0 aromatic heterocycles. The van der Waals surface area contributed by atoms with Crippen LogP contribution in [0.2, 0.25) is 0 Å². The van der Waals surface area contributed by atoms with Crippen molar-refractivity contribution in [2.75, 3.05) is 33.4 Å². The molecule has 1 aliphatic carbocycles. The number of methoxy groups -OCH3 is 1. The Labute approximate surface area is 106 Å². The van der Waals surface area contributed by atoms with Gasteiger partial charge in [-0.25, -0.2) is 0 Å². The van der Waals surface area contributed by atoms with E-state index in [9.17, 15) is 0 Å². The third kappa shape index (κ3) is 3.94. The van der Waals surface area contributed by atoms with Gasteiger partial charge >= 0.3 is 0 Å². The van der Waals surface area contributed by atoms with Crippen LogP contribution in [0.1, 0.15) is 39.0 Å². The number of rotatable bonds is 8. The van der Waals surface area contributed by atoms with E-state index in [0.717, 1.165) is 18.6 Å². The zero-order valence-corrected chi connectivity index (χ0v) is 11.5. The van der Waals surface area contributed by atoms with E-state index in [1.54, 1.807) is 0 Å². The molecule has 1 heterocycles. The second kappa shape index (κ2) is 6.72. The molecule has 1 N–H and O–H groups in total. The number of hydrogen-bond donors (Lipinski definition) is 1. The molecule has 2 aliphatic rings. The van der Waals surface area contributed by atoms with E-state index in [-0.39, 0.29) is 0 Å². The van der Waals surface area contributed by atoms with Gasteiger partial charge in [-0.15, -0.1) is 0 Å². The Balaban J connectivity index is 1.87. The third-order valence-electron chi connectivity index (χ3n) is 4.10. The lowest BCUT2D eigenvalue weighted by Crippen LogP contribution is -2.46. The van der Waals surface area contributed by atoms with Crippen molar-refractivity contribution < 1.29 is 4.74 Å². The summed E-state index contributed by atoms with van der Waals surface area (Å²) < 4.78 is 5.43. The van der Waals surface area contributed by atoms with Gasteiger partial charge in [-0.2, -0.15) is 0 Å². The molecule has 0 amide bonds. The molecule has 2 unspecified atom stereocenters. The molecule has 100 valence electrons. The second-order valence-corrected chi connectivity index (χ2v) is 5.65. The summed E-state index contributed by atoms with van der Waals surface area (Å²) in [6, 6.07) is 1.39. The van der Waals surface area contributed by atoms with Gasteiger partial charge < -0.3 is 10.1 Å². The fourth-order valence-corrected chi connectivity index (χ4v) is 3.07. The van der Waals surface area contributed by atoms with E-state index in [1.807, 2.05) is 7.11 Å². The summed E-state index contributed by atoms with van der Waals surface area (Å²) >= 11 is 0. The van der Waals surface area contributed by atoms with Crippen molar-refractivity contribution >= 4 is 0 Å². The molecule has 3 heteroatoms. The standard InChI is InChI=1S/C14H28N2O/c1-3-9-16(10-13-5-4-8-15-13)14(11-17-2)12-6-7-12/h12-15H,3-11H2,1-2H3. The third-order valence-corrected chi connectivity index (χ3v) is 4.10. The SMILES string of the molecule is CCCN(CC1CCCN1)C(COC)C1CC1. The number of ether oxygens (including phenoxy) is 1. The highest BCUT2D eigenvalue weighted by atomic mass is 16.5. The largest absolute Gasteiger partial charge is 0.383 e. The first-order chi connectivity index (χ1) is 8.35. The molecular formula is C14H28N2O. The molecular weight excluding hydrogens is 212 g/mol. The van der Waals surface area contributed by atoms with Gasteiger partial charge in [0.05, 0.1) is 6.61 Å². The Kier molecular flexibility index (Phi) is 5.26. The normalized spacial score (nSPS) is 26.6. The Morgan fingerprint density at radius 3 is 2.71 bits per heavy atom. The molecule has 3 nitrogen and oxygen atoms in total. The Hall–Kier alpha value is -0.120. The van der Waals surface area contributed by atoms with E-state index in [4.69, 9.17) is 4.74 Å². The summed E-state index contributed by atoms with van der Waals surface area (Å²) in [5.41, 5.74) is 0. The first kappa shape index (κ1) is 13.3. The van der Waals surface area contributed by atoms with Crippen LogP contribution >= 0.6 is 0 Å². The highest BCUT2D eigenvalue weighted by molar-refractivity contribution is 4.90. The minimum absolute atomic E-state index is 0.669. The van der Waals surface area contributed by atoms with Gasteiger partial charge in [0.1, 0.15) is 0 Å². The molecule has 0 aromatic rings. The monoisotopic (exact) mass is 240 g/mol. The average Bonchev–Trinajstić information content (AvgIpc) is 3.04. The molecule has 2 rings (SSSR count). The molecule has 2 fully saturated rings. The summed E-state index contributed by atoms with van der Waals surface area (Å²) in [6.07, 6.45) is 6.77. The quantitative estimate of drug-likeness (QED) is 0.701. The zero-order chi connectivity index (χ0) is 12.1. The van der Waals surface area contributed by atoms with Crippen molar-refractivity contribution in [1.29, 1.82) is 0 Å². The molecule has 1 aliphatic heterocycles. The van der Waals surface area contributed by atoms with Gasteiger partial charge in [-0.3, -0.25) is 4.90 Å². The molecule has 1 saturated carbocycles. The van der Waals surface area contributed by atoms with E-state index < -0.39 is 0 Å². The van der Waals surface area contributed by atoms with Crippen LogP contribution in [0.3, 0.4) is 0 Å². The molecule has 1 saturated heterocycles. The minimum atomic E-state index is 0.669. The number of nitrogens with zero attached hydrogens (tertiary/aromatic N) is 1. The van der Waals surface area contributed by atoms with Gasteiger partial charge in [0.2, 0.25) is 0 Å². The number of hydrogen-bond acceptors (Lipinski definition) is 3. The smallest absolute Gasteiger partial charge is 0.0620 e. The van der Waals surface area contributed by atoms with Gasteiger partial charge in [0.15, 0.2) is 0 Å². The van der Waals surface area contributed by atoms with Crippen molar-refractivity contribution in [3.8, 4) is 0 Å². The van der Waals surface area contributed by atoms with Crippen LogP contribution in [0, 0.1) is 5.92 Å². The van der Waals surface area contributed by atoms with Crippen LogP contribution in [0.4, 0.5) is 0 Å². The fraction of sp³-hybridized carbons (Fsp3) is 1.00. The van der Waals surface area contributed by atoms with E-state index >= 15 is 0 Å².